The molecule has 0 bridgehead atoms. The first-order valence-electron chi connectivity index (χ1n) is 7.21. The Morgan fingerprint density at radius 1 is 1.16 bits per heavy atom. The number of hydrogen-bond acceptors (Lipinski definition) is 2. The first-order valence-corrected chi connectivity index (χ1v) is 8.82. The molecule has 0 amide bonds. The second-order valence-corrected chi connectivity index (χ2v) is 8.24. The number of benzene rings is 1. The lowest BCUT2D eigenvalue weighted by atomic mass is 10.2. The minimum Gasteiger partial charge on any atom is -0.223 e. The number of nitrogens with one attached hydrogen (secondary N) is 1. The van der Waals surface area contributed by atoms with E-state index in [0.29, 0.717) is 5.84 Å². The van der Waals surface area contributed by atoms with E-state index in [4.69, 9.17) is 0 Å². The summed E-state index contributed by atoms with van der Waals surface area (Å²) in [5.41, 5.74) is -0.797. The van der Waals surface area contributed by atoms with Gasteiger partial charge in [-0.1, -0.05) is 15.9 Å². The molecular formula is C17H16BrF3N3S+. The van der Waals surface area contributed by atoms with Crippen molar-refractivity contribution < 1.29 is 13.2 Å². The standard InChI is InChI=1S/C17H15BrF3N3S/c1-16(2,25-13-7-5-12(18)6-8-13)15(22-3)24-14-9-4-11(10-23-14)17(19,20)21/h4-10H,3H2,1-2H3/p+1. The molecular weight excluding hydrogens is 415 g/mol. The van der Waals surface area contributed by atoms with Crippen molar-refractivity contribution in [2.75, 3.05) is 5.32 Å². The second kappa shape index (κ2) is 7.64. The summed E-state index contributed by atoms with van der Waals surface area (Å²) in [5.74, 6) is 0.785. The molecule has 1 N–H and O–H groups in total. The number of alkyl halides is 3. The SMILES string of the molecule is C=[N+]=C(Nc1ccc(C(F)(F)F)cn1)C(C)(C)Sc1ccc(Br)cc1. The number of amidine groups is 1. The topological polar surface area (TPSA) is 39.0 Å². The highest BCUT2D eigenvalue weighted by molar-refractivity contribution is 9.10. The lowest BCUT2D eigenvalue weighted by molar-refractivity contribution is -0.137. The van der Waals surface area contributed by atoms with Crippen molar-refractivity contribution in [2.24, 2.45) is 0 Å². The molecule has 0 aliphatic carbocycles. The fraction of sp³-hybridized carbons (Fsp3) is 0.235. The molecule has 0 fully saturated rings. The van der Waals surface area contributed by atoms with Gasteiger partial charge in [-0.25, -0.2) is 15.0 Å². The van der Waals surface area contributed by atoms with Gasteiger partial charge in [-0.2, -0.15) is 13.2 Å². The van der Waals surface area contributed by atoms with Gasteiger partial charge in [-0.05, 0) is 44.2 Å². The predicted molar refractivity (Wildman–Crippen MR) is 101 cm³/mol. The van der Waals surface area contributed by atoms with Gasteiger partial charge in [0, 0.05) is 21.6 Å². The number of rotatable bonds is 4. The number of nitrogens with zero attached hydrogens (tertiary/aromatic N) is 2. The summed E-state index contributed by atoms with van der Waals surface area (Å²) in [4.78, 5) is 4.83. The summed E-state index contributed by atoms with van der Waals surface area (Å²) < 4.78 is 42.3. The zero-order valence-corrected chi connectivity index (χ0v) is 16.0. The third-order valence-electron chi connectivity index (χ3n) is 3.25. The summed E-state index contributed by atoms with van der Waals surface area (Å²) in [5, 5.41) is 2.96. The number of hydrogen-bond donors (Lipinski definition) is 1. The van der Waals surface area contributed by atoms with Crippen LogP contribution < -0.4 is 9.98 Å². The van der Waals surface area contributed by atoms with Crippen LogP contribution in [0, 0.1) is 0 Å². The van der Waals surface area contributed by atoms with Crippen LogP contribution in [0.5, 0.6) is 0 Å². The van der Waals surface area contributed by atoms with Gasteiger partial charge in [0.15, 0.2) is 6.72 Å². The molecule has 1 aromatic carbocycles. The van der Waals surface area contributed by atoms with Gasteiger partial charge in [0.25, 0.3) is 0 Å². The molecule has 132 valence electrons. The van der Waals surface area contributed by atoms with E-state index < -0.39 is 16.5 Å². The van der Waals surface area contributed by atoms with E-state index in [9.17, 15) is 13.2 Å². The number of pyridine rings is 1. The van der Waals surface area contributed by atoms with Crippen LogP contribution in [0.3, 0.4) is 0 Å². The van der Waals surface area contributed by atoms with E-state index in [0.717, 1.165) is 21.6 Å². The molecule has 0 spiro atoms. The Bertz CT molecular complexity index is 780. The quantitative estimate of drug-likeness (QED) is 0.320. The Hall–Kier alpha value is -1.76. The third-order valence-corrected chi connectivity index (χ3v) is 4.99. The van der Waals surface area contributed by atoms with Crippen LogP contribution in [0.4, 0.5) is 19.0 Å². The van der Waals surface area contributed by atoms with Crippen LogP contribution in [0.2, 0.25) is 0 Å². The van der Waals surface area contributed by atoms with Gasteiger partial charge in [0.2, 0.25) is 5.82 Å². The van der Waals surface area contributed by atoms with Crippen molar-refractivity contribution in [2.45, 2.75) is 29.7 Å². The molecule has 25 heavy (non-hydrogen) atoms. The van der Waals surface area contributed by atoms with Gasteiger partial charge >= 0.3 is 12.0 Å². The van der Waals surface area contributed by atoms with E-state index in [1.54, 1.807) is 11.8 Å². The molecule has 1 aromatic heterocycles. The largest absolute Gasteiger partial charge is 0.417 e. The Morgan fingerprint density at radius 2 is 1.80 bits per heavy atom. The molecule has 2 aromatic rings. The van der Waals surface area contributed by atoms with Gasteiger partial charge in [0.05, 0.1) is 5.56 Å². The number of aromatic nitrogens is 1. The van der Waals surface area contributed by atoms with Crippen LogP contribution in [0.15, 0.2) is 52.0 Å². The van der Waals surface area contributed by atoms with E-state index in [1.807, 2.05) is 38.1 Å². The normalized spacial score (nSPS) is 11.8. The zero-order chi connectivity index (χ0) is 18.7. The third kappa shape index (κ3) is 5.36. The molecule has 0 unspecified atom stereocenters. The van der Waals surface area contributed by atoms with Crippen LogP contribution in [0.25, 0.3) is 0 Å². The molecule has 0 atom stereocenters. The average molecular weight is 431 g/mol. The van der Waals surface area contributed by atoms with Crippen LogP contribution in [-0.4, -0.2) is 22.3 Å². The summed E-state index contributed by atoms with van der Waals surface area (Å²) in [7, 11) is 0. The lowest BCUT2D eigenvalue weighted by Crippen LogP contribution is -2.36. The molecule has 0 aliphatic rings. The Morgan fingerprint density at radius 3 is 2.28 bits per heavy atom. The van der Waals surface area contributed by atoms with Crippen LogP contribution in [-0.2, 0) is 6.18 Å². The highest BCUT2D eigenvalue weighted by Crippen LogP contribution is 2.34. The number of anilines is 1. The highest BCUT2D eigenvalue weighted by atomic mass is 79.9. The maximum absolute atomic E-state index is 12.6. The van der Waals surface area contributed by atoms with Crippen molar-refractivity contribution >= 4 is 46.1 Å². The Balaban J connectivity index is 2.15. The van der Waals surface area contributed by atoms with Crippen molar-refractivity contribution in [1.29, 1.82) is 0 Å². The fourth-order valence-electron chi connectivity index (χ4n) is 1.98. The maximum atomic E-state index is 12.6. The number of thioether (sulfide) groups is 1. The minimum absolute atomic E-state index is 0.278. The van der Waals surface area contributed by atoms with E-state index in [-0.39, 0.29) is 5.82 Å². The fourth-order valence-corrected chi connectivity index (χ4v) is 3.32. The molecule has 8 heteroatoms. The molecule has 0 saturated heterocycles. The lowest BCUT2D eigenvalue weighted by Gasteiger charge is -2.19. The smallest absolute Gasteiger partial charge is 0.223 e. The Kier molecular flexibility index (Phi) is 5.98. The monoisotopic (exact) mass is 430 g/mol. The Labute approximate surface area is 156 Å². The first kappa shape index (κ1) is 19.6. The van der Waals surface area contributed by atoms with Gasteiger partial charge < -0.3 is 0 Å². The highest BCUT2D eigenvalue weighted by Gasteiger charge is 2.35. The molecule has 0 saturated carbocycles. The summed E-state index contributed by atoms with van der Waals surface area (Å²) in [6.45, 7) is 7.45. The predicted octanol–water partition coefficient (Wildman–Crippen LogP) is 5.01. The van der Waals surface area contributed by atoms with Crippen molar-refractivity contribution in [3.63, 3.8) is 0 Å². The first-order chi connectivity index (χ1) is 11.6. The van der Waals surface area contributed by atoms with E-state index >= 15 is 0 Å². The zero-order valence-electron chi connectivity index (χ0n) is 13.6. The molecule has 1 heterocycles. The van der Waals surface area contributed by atoms with Crippen molar-refractivity contribution in [1.82, 2.24) is 9.65 Å². The van der Waals surface area contributed by atoms with Crippen molar-refractivity contribution in [3.8, 4) is 0 Å². The number of halogens is 4. The van der Waals surface area contributed by atoms with Crippen molar-refractivity contribution in [3.05, 3.63) is 52.6 Å². The molecule has 3 nitrogen and oxygen atoms in total. The minimum atomic E-state index is -4.41. The van der Waals surface area contributed by atoms with Crippen LogP contribution >= 0.6 is 27.7 Å². The summed E-state index contributed by atoms with van der Waals surface area (Å²) in [6, 6.07) is 10.1. The summed E-state index contributed by atoms with van der Waals surface area (Å²) >= 11 is 4.94. The van der Waals surface area contributed by atoms with E-state index in [1.165, 1.54) is 6.07 Å². The van der Waals surface area contributed by atoms with Gasteiger partial charge in [0.1, 0.15) is 4.75 Å². The average Bonchev–Trinajstić information content (AvgIpc) is 2.54. The summed E-state index contributed by atoms with van der Waals surface area (Å²) in [6.07, 6.45) is -3.62. The van der Waals surface area contributed by atoms with Gasteiger partial charge in [-0.15, -0.1) is 11.8 Å². The van der Waals surface area contributed by atoms with Crippen LogP contribution in [0.1, 0.15) is 19.4 Å². The molecule has 2 rings (SSSR count). The van der Waals surface area contributed by atoms with E-state index in [2.05, 4.69) is 37.6 Å². The second-order valence-electron chi connectivity index (χ2n) is 5.63. The maximum Gasteiger partial charge on any atom is 0.417 e. The molecule has 0 radical (unpaired) electrons. The molecule has 0 aliphatic heterocycles. The van der Waals surface area contributed by atoms with Gasteiger partial charge in [-0.3, -0.25) is 0 Å².